The fourth-order valence-corrected chi connectivity index (χ4v) is 5.56. The summed E-state index contributed by atoms with van der Waals surface area (Å²) in [5, 5.41) is 9.76. The number of benzene rings is 3. The first-order chi connectivity index (χ1) is 18.5. The van der Waals surface area contributed by atoms with Crippen molar-refractivity contribution in [2.45, 2.75) is 19.3 Å². The number of aliphatic imine (C=N–C) groups is 1. The van der Waals surface area contributed by atoms with Crippen molar-refractivity contribution in [2.24, 2.45) is 9.39 Å². The molecule has 38 heavy (non-hydrogen) atoms. The molecule has 0 radical (unpaired) electrons. The summed E-state index contributed by atoms with van der Waals surface area (Å²) in [6.07, 6.45) is 1.61. The summed E-state index contributed by atoms with van der Waals surface area (Å²) in [7, 11) is 0. The van der Waals surface area contributed by atoms with E-state index in [0.717, 1.165) is 17.5 Å². The maximum Gasteiger partial charge on any atom is 0.283 e. The minimum Gasteiger partial charge on any atom is -0.490 e. The highest BCUT2D eigenvalue weighted by Gasteiger charge is 2.37. The Balaban J connectivity index is 1.35. The summed E-state index contributed by atoms with van der Waals surface area (Å²) in [6, 6.07) is 21.6. The van der Waals surface area contributed by atoms with Gasteiger partial charge in [0, 0.05) is 11.3 Å². The lowest BCUT2D eigenvalue weighted by molar-refractivity contribution is -0.114. The van der Waals surface area contributed by atoms with Crippen LogP contribution in [-0.2, 0) is 17.2 Å². The molecule has 0 saturated carbocycles. The fourth-order valence-electron chi connectivity index (χ4n) is 3.76. The van der Waals surface area contributed by atoms with Gasteiger partial charge in [-0.05, 0) is 42.3 Å². The Bertz CT molecular complexity index is 1470. The first-order valence-corrected chi connectivity index (χ1v) is 13.6. The highest BCUT2D eigenvalue weighted by molar-refractivity contribution is 8.18. The zero-order valence-corrected chi connectivity index (χ0v) is 22.0. The average molecular weight is 547 g/mol. The molecule has 0 unspecified atom stereocenters. The normalized spacial score (nSPS) is 15.8. The zero-order chi connectivity index (χ0) is 26.5. The Hall–Kier alpha value is -3.89. The van der Waals surface area contributed by atoms with Crippen LogP contribution in [0, 0.1) is 11.2 Å². The van der Waals surface area contributed by atoms with Gasteiger partial charge in [-0.3, -0.25) is 10.2 Å². The van der Waals surface area contributed by atoms with Crippen LogP contribution in [0.4, 0.5) is 4.39 Å². The molecular weight excluding hydrogens is 523 g/mol. The van der Waals surface area contributed by atoms with Gasteiger partial charge < -0.3 is 9.47 Å². The molecule has 3 aromatic rings. The van der Waals surface area contributed by atoms with Gasteiger partial charge in [0.25, 0.3) is 5.91 Å². The molecule has 0 aliphatic carbocycles. The molecule has 2 aliphatic rings. The van der Waals surface area contributed by atoms with Crippen LogP contribution in [0.2, 0.25) is 0 Å². The molecule has 0 saturated heterocycles. The number of fused-ring (bicyclic) bond motifs is 1. The maximum atomic E-state index is 14.0. The predicted molar refractivity (Wildman–Crippen MR) is 151 cm³/mol. The minimum absolute atomic E-state index is 0.0159. The largest absolute Gasteiger partial charge is 0.490 e. The van der Waals surface area contributed by atoms with Crippen LogP contribution in [0.1, 0.15) is 23.6 Å². The Labute approximate surface area is 228 Å². The van der Waals surface area contributed by atoms with E-state index in [4.69, 9.17) is 14.9 Å². The number of halogens is 1. The molecule has 0 bridgehead atoms. The molecule has 5 rings (SSSR count). The molecular formula is C28H23FN4O3S2. The predicted octanol–water partition coefficient (Wildman–Crippen LogP) is 6.31. The molecule has 2 aliphatic heterocycles. The van der Waals surface area contributed by atoms with Gasteiger partial charge in [0.15, 0.2) is 16.7 Å². The molecule has 0 aromatic heterocycles. The Morgan fingerprint density at radius 2 is 1.84 bits per heavy atom. The van der Waals surface area contributed by atoms with Crippen molar-refractivity contribution in [3.63, 3.8) is 0 Å². The van der Waals surface area contributed by atoms with Gasteiger partial charge in [-0.2, -0.15) is 9.39 Å². The lowest BCUT2D eigenvalue weighted by Crippen LogP contribution is -2.41. The van der Waals surface area contributed by atoms with E-state index in [1.165, 1.54) is 17.8 Å². The van der Waals surface area contributed by atoms with Crippen molar-refractivity contribution in [3.8, 4) is 11.5 Å². The molecule has 7 nitrogen and oxygen atoms in total. The second-order valence-electron chi connectivity index (χ2n) is 8.20. The van der Waals surface area contributed by atoms with Crippen LogP contribution in [0.25, 0.3) is 6.08 Å². The minimum atomic E-state index is -0.504. The quantitative estimate of drug-likeness (QED) is 0.263. The van der Waals surface area contributed by atoms with Gasteiger partial charge >= 0.3 is 0 Å². The summed E-state index contributed by atoms with van der Waals surface area (Å²) in [5.41, 5.74) is 2.35. The zero-order valence-electron chi connectivity index (χ0n) is 20.4. The van der Waals surface area contributed by atoms with Gasteiger partial charge in [-0.15, -0.1) is 0 Å². The number of nitrogens with one attached hydrogen (secondary N) is 1. The fraction of sp³-hybridized carbons (Fsp3) is 0.143. The van der Waals surface area contributed by atoms with E-state index in [1.54, 1.807) is 47.4 Å². The molecule has 0 spiro atoms. The number of nitrogens with zero attached hydrogens (tertiary/aromatic N) is 3. The standard InChI is InChI=1S/C28H23FN4O3S2/c1-2-35-24-15-19(12-13-23(24)36-16-20-10-6-7-11-22(20)29)14-21-25(30)33-27(31-26(21)34)38-32-28(33)37-17-18-8-4-3-5-9-18/h3-15,30H,2,16-17H2,1H3/b21-14-,30-25?. The van der Waals surface area contributed by atoms with E-state index < -0.39 is 5.91 Å². The Morgan fingerprint density at radius 3 is 2.63 bits per heavy atom. The van der Waals surface area contributed by atoms with Crippen molar-refractivity contribution < 1.29 is 18.7 Å². The van der Waals surface area contributed by atoms with Crippen molar-refractivity contribution in [2.75, 3.05) is 6.61 Å². The Kier molecular flexibility index (Phi) is 7.90. The third kappa shape index (κ3) is 5.66. The second-order valence-corrected chi connectivity index (χ2v) is 9.87. The van der Waals surface area contributed by atoms with Crippen molar-refractivity contribution in [1.29, 1.82) is 5.41 Å². The van der Waals surface area contributed by atoms with Gasteiger partial charge in [0.1, 0.15) is 18.3 Å². The molecule has 3 aromatic carbocycles. The average Bonchev–Trinajstić information content (AvgIpc) is 3.33. The lowest BCUT2D eigenvalue weighted by atomic mass is 10.1. The van der Waals surface area contributed by atoms with Crippen molar-refractivity contribution in [3.05, 3.63) is 101 Å². The SMILES string of the molecule is CCOc1cc(/C=C2/C(=N)N3C(SCc4ccccc4)=NSC3=NC2=O)ccc1OCc1ccccc1F. The number of carbonyl (C=O) groups excluding carboxylic acids is 1. The van der Waals surface area contributed by atoms with E-state index in [1.807, 2.05) is 37.3 Å². The van der Waals surface area contributed by atoms with E-state index in [9.17, 15) is 9.18 Å². The number of hydrogen-bond acceptors (Lipinski definition) is 7. The lowest BCUT2D eigenvalue weighted by Gasteiger charge is -2.24. The summed E-state index contributed by atoms with van der Waals surface area (Å²) in [6.45, 7) is 2.28. The summed E-state index contributed by atoms with van der Waals surface area (Å²) >= 11 is 2.58. The number of carbonyl (C=O) groups is 1. The number of ether oxygens (including phenoxy) is 2. The smallest absolute Gasteiger partial charge is 0.283 e. The molecule has 1 amide bonds. The third-order valence-electron chi connectivity index (χ3n) is 5.62. The molecule has 192 valence electrons. The number of rotatable bonds is 8. The number of hydrogen-bond donors (Lipinski definition) is 1. The van der Waals surface area contributed by atoms with Crippen LogP contribution in [0.3, 0.4) is 0 Å². The van der Waals surface area contributed by atoms with Gasteiger partial charge in [0.2, 0.25) is 5.17 Å². The molecule has 10 heteroatoms. The molecule has 0 atom stereocenters. The van der Waals surface area contributed by atoms with E-state index in [0.29, 0.717) is 45.3 Å². The number of amidine groups is 3. The first-order valence-electron chi connectivity index (χ1n) is 11.8. The van der Waals surface area contributed by atoms with Crippen LogP contribution >= 0.6 is 23.7 Å². The monoisotopic (exact) mass is 546 g/mol. The molecule has 2 heterocycles. The van der Waals surface area contributed by atoms with Crippen LogP contribution in [-0.4, -0.2) is 33.6 Å². The van der Waals surface area contributed by atoms with Crippen LogP contribution < -0.4 is 9.47 Å². The van der Waals surface area contributed by atoms with Crippen molar-refractivity contribution in [1.82, 2.24) is 4.90 Å². The van der Waals surface area contributed by atoms with Gasteiger partial charge in [-0.25, -0.2) is 9.29 Å². The van der Waals surface area contributed by atoms with E-state index in [-0.39, 0.29) is 23.8 Å². The van der Waals surface area contributed by atoms with Crippen LogP contribution in [0.15, 0.2) is 87.8 Å². The van der Waals surface area contributed by atoms with Crippen molar-refractivity contribution >= 4 is 51.9 Å². The van der Waals surface area contributed by atoms with E-state index >= 15 is 0 Å². The topological polar surface area (TPSA) is 87.3 Å². The van der Waals surface area contributed by atoms with Gasteiger partial charge in [-0.1, -0.05) is 66.4 Å². The van der Waals surface area contributed by atoms with Crippen LogP contribution in [0.5, 0.6) is 11.5 Å². The maximum absolute atomic E-state index is 14.0. The summed E-state index contributed by atoms with van der Waals surface area (Å²) < 4.78 is 30.0. The molecule has 0 fully saturated rings. The third-order valence-corrected chi connectivity index (χ3v) is 7.45. The highest BCUT2D eigenvalue weighted by Crippen LogP contribution is 2.34. The molecule has 1 N–H and O–H groups in total. The summed E-state index contributed by atoms with van der Waals surface area (Å²) in [5.74, 6) is 0.750. The first kappa shape index (κ1) is 25.7. The summed E-state index contributed by atoms with van der Waals surface area (Å²) in [4.78, 5) is 18.6. The van der Waals surface area contributed by atoms with Gasteiger partial charge in [0.05, 0.1) is 24.1 Å². The second kappa shape index (κ2) is 11.7. The highest BCUT2D eigenvalue weighted by atomic mass is 32.2. The van der Waals surface area contributed by atoms with E-state index in [2.05, 4.69) is 9.39 Å². The Morgan fingerprint density at radius 1 is 1.05 bits per heavy atom. The number of thioether (sulfide) groups is 1. The number of amides is 1.